The Labute approximate surface area is 140 Å². The highest BCUT2D eigenvalue weighted by Gasteiger charge is 2.11. The first-order chi connectivity index (χ1) is 9.31. The highest BCUT2D eigenvalue weighted by Crippen LogP contribution is 2.22. The minimum Gasteiger partial charge on any atom is -0.351 e. The maximum absolute atomic E-state index is 11.9. The molecule has 0 bridgehead atoms. The summed E-state index contributed by atoms with van der Waals surface area (Å²) in [7, 11) is 1.89. The van der Waals surface area contributed by atoms with Gasteiger partial charge in [-0.05, 0) is 32.1 Å². The predicted molar refractivity (Wildman–Crippen MR) is 90.7 cm³/mol. The summed E-state index contributed by atoms with van der Waals surface area (Å²) in [5, 5.41) is 6.67. The number of amides is 1. The van der Waals surface area contributed by atoms with Crippen LogP contribution in [0.1, 0.15) is 16.1 Å². The Hall–Kier alpha value is -1.21. The molecule has 0 spiro atoms. The number of thiazole rings is 1. The zero-order chi connectivity index (χ0) is 13.5. The van der Waals surface area contributed by atoms with Crippen molar-refractivity contribution in [2.45, 2.75) is 6.42 Å². The Morgan fingerprint density at radius 2 is 2.05 bits per heavy atom. The van der Waals surface area contributed by atoms with Gasteiger partial charge in [-0.1, -0.05) is 6.07 Å². The number of nitrogens with one attached hydrogen (secondary N) is 2. The van der Waals surface area contributed by atoms with E-state index < -0.39 is 0 Å². The maximum Gasteiger partial charge on any atom is 0.263 e. The molecule has 2 aromatic heterocycles. The Kier molecular flexibility index (Phi) is 9.90. The highest BCUT2D eigenvalue weighted by atomic mass is 35.5. The van der Waals surface area contributed by atoms with E-state index >= 15 is 0 Å². The average molecular weight is 349 g/mol. The van der Waals surface area contributed by atoms with Crippen molar-refractivity contribution in [1.82, 2.24) is 20.6 Å². The molecule has 0 aromatic carbocycles. The molecule has 116 valence electrons. The minimum absolute atomic E-state index is 0. The molecule has 0 aliphatic carbocycles. The molecule has 2 heterocycles. The van der Waals surface area contributed by atoms with E-state index in [0.29, 0.717) is 11.4 Å². The Morgan fingerprint density at radius 3 is 2.71 bits per heavy atom. The van der Waals surface area contributed by atoms with Gasteiger partial charge in [-0.15, -0.1) is 36.2 Å². The van der Waals surface area contributed by atoms with E-state index in [1.165, 1.54) is 11.3 Å². The fraction of sp³-hybridized carbons (Fsp3) is 0.308. The molecule has 2 N–H and O–H groups in total. The van der Waals surface area contributed by atoms with Crippen molar-refractivity contribution in [3.05, 3.63) is 35.5 Å². The highest BCUT2D eigenvalue weighted by molar-refractivity contribution is 7.16. The number of carbonyl (C=O) groups is 1. The third-order valence-electron chi connectivity index (χ3n) is 2.50. The lowest BCUT2D eigenvalue weighted by Crippen LogP contribution is -2.25. The first-order valence-electron chi connectivity index (χ1n) is 6.11. The Morgan fingerprint density at radius 1 is 1.24 bits per heavy atom. The van der Waals surface area contributed by atoms with Crippen LogP contribution in [0, 0.1) is 0 Å². The number of pyridine rings is 1. The molecule has 0 saturated carbocycles. The molecule has 0 radical (unpaired) electrons. The second-order valence-electron chi connectivity index (χ2n) is 3.96. The van der Waals surface area contributed by atoms with E-state index in [1.54, 1.807) is 12.4 Å². The second kappa shape index (κ2) is 10.5. The molecule has 0 unspecified atom stereocenters. The lowest BCUT2D eigenvalue weighted by Gasteiger charge is -2.02. The van der Waals surface area contributed by atoms with Crippen molar-refractivity contribution in [3.8, 4) is 10.7 Å². The van der Waals surface area contributed by atoms with Crippen molar-refractivity contribution in [1.29, 1.82) is 0 Å². The molecule has 2 aromatic rings. The maximum atomic E-state index is 11.9. The topological polar surface area (TPSA) is 66.9 Å². The molecule has 0 fully saturated rings. The van der Waals surface area contributed by atoms with Crippen molar-refractivity contribution < 1.29 is 4.79 Å². The van der Waals surface area contributed by atoms with Crippen LogP contribution in [0.25, 0.3) is 10.7 Å². The zero-order valence-corrected chi connectivity index (χ0v) is 14.0. The average Bonchev–Trinajstić information content (AvgIpc) is 2.94. The summed E-state index contributed by atoms with van der Waals surface area (Å²) >= 11 is 1.36. The lowest BCUT2D eigenvalue weighted by molar-refractivity contribution is 0.0957. The lowest BCUT2D eigenvalue weighted by atomic mass is 10.4. The van der Waals surface area contributed by atoms with Gasteiger partial charge >= 0.3 is 0 Å². The van der Waals surface area contributed by atoms with Crippen LogP contribution in [-0.2, 0) is 0 Å². The van der Waals surface area contributed by atoms with Gasteiger partial charge in [0.15, 0.2) is 0 Å². The number of carbonyl (C=O) groups excluding carboxylic acids is 1. The van der Waals surface area contributed by atoms with Crippen LogP contribution in [-0.4, -0.2) is 36.0 Å². The smallest absolute Gasteiger partial charge is 0.263 e. The van der Waals surface area contributed by atoms with Crippen LogP contribution < -0.4 is 10.6 Å². The Bertz CT molecular complexity index is 536. The van der Waals surface area contributed by atoms with Crippen LogP contribution in [0.15, 0.2) is 30.6 Å². The normalized spacial score (nSPS) is 9.38. The van der Waals surface area contributed by atoms with Crippen molar-refractivity contribution >= 4 is 42.1 Å². The van der Waals surface area contributed by atoms with E-state index in [4.69, 9.17) is 0 Å². The van der Waals surface area contributed by atoms with Gasteiger partial charge in [0.05, 0.1) is 11.9 Å². The first kappa shape index (κ1) is 19.8. The summed E-state index contributed by atoms with van der Waals surface area (Å²) in [6.45, 7) is 1.55. The molecule has 0 aliphatic heterocycles. The summed E-state index contributed by atoms with van der Waals surface area (Å²) < 4.78 is 0. The molecule has 0 saturated heterocycles. The van der Waals surface area contributed by atoms with Crippen molar-refractivity contribution in [3.63, 3.8) is 0 Å². The van der Waals surface area contributed by atoms with Gasteiger partial charge in [-0.2, -0.15) is 0 Å². The molecular weight excluding hydrogens is 331 g/mol. The van der Waals surface area contributed by atoms with E-state index in [9.17, 15) is 4.79 Å². The molecule has 8 heteroatoms. The van der Waals surface area contributed by atoms with Gasteiger partial charge in [-0.3, -0.25) is 9.78 Å². The van der Waals surface area contributed by atoms with E-state index in [-0.39, 0.29) is 30.7 Å². The third-order valence-corrected chi connectivity index (χ3v) is 3.52. The van der Waals surface area contributed by atoms with Crippen LogP contribution in [0.4, 0.5) is 0 Å². The predicted octanol–water partition coefficient (Wildman–Crippen LogP) is 2.39. The summed E-state index contributed by atoms with van der Waals surface area (Å²) in [5.74, 6) is -0.0733. The number of halogens is 2. The van der Waals surface area contributed by atoms with Gasteiger partial charge in [0.1, 0.15) is 9.88 Å². The van der Waals surface area contributed by atoms with Crippen molar-refractivity contribution in [2.75, 3.05) is 20.1 Å². The zero-order valence-electron chi connectivity index (χ0n) is 11.5. The van der Waals surface area contributed by atoms with Crippen molar-refractivity contribution in [2.24, 2.45) is 0 Å². The largest absolute Gasteiger partial charge is 0.351 e. The van der Waals surface area contributed by atoms with E-state index in [1.807, 2.05) is 25.2 Å². The minimum atomic E-state index is -0.0733. The number of hydrogen-bond acceptors (Lipinski definition) is 5. The van der Waals surface area contributed by atoms with Crippen LogP contribution in [0.5, 0.6) is 0 Å². The summed E-state index contributed by atoms with van der Waals surface area (Å²) in [4.78, 5) is 20.9. The van der Waals surface area contributed by atoms with Gasteiger partial charge in [0, 0.05) is 12.7 Å². The van der Waals surface area contributed by atoms with Crippen LogP contribution >= 0.6 is 36.2 Å². The molecule has 0 aliphatic rings. The number of rotatable bonds is 6. The fourth-order valence-electron chi connectivity index (χ4n) is 1.54. The van der Waals surface area contributed by atoms with Crippen LogP contribution in [0.3, 0.4) is 0 Å². The van der Waals surface area contributed by atoms with Gasteiger partial charge in [-0.25, -0.2) is 4.98 Å². The van der Waals surface area contributed by atoms with E-state index in [0.717, 1.165) is 23.7 Å². The monoisotopic (exact) mass is 348 g/mol. The SMILES string of the molecule is CNCCCNC(=O)c1cnc(-c2ccccn2)s1.Cl.Cl. The fourth-order valence-corrected chi connectivity index (χ4v) is 2.35. The standard InChI is InChI=1S/C13H16N4OS.2ClH/c1-14-6-4-8-16-12(18)11-9-17-13(19-11)10-5-2-3-7-15-10;;/h2-3,5,7,9,14H,4,6,8H2,1H3,(H,16,18);2*1H. The molecule has 1 amide bonds. The Balaban J connectivity index is 0.00000200. The van der Waals surface area contributed by atoms with Crippen LogP contribution in [0.2, 0.25) is 0 Å². The van der Waals surface area contributed by atoms with Gasteiger partial charge in [0.2, 0.25) is 0 Å². The molecule has 21 heavy (non-hydrogen) atoms. The summed E-state index contributed by atoms with van der Waals surface area (Å²) in [5.41, 5.74) is 0.793. The molecular formula is C13H18Cl2N4OS. The first-order valence-corrected chi connectivity index (χ1v) is 6.93. The van der Waals surface area contributed by atoms with Gasteiger partial charge < -0.3 is 10.6 Å². The molecule has 0 atom stereocenters. The van der Waals surface area contributed by atoms with Gasteiger partial charge in [0.25, 0.3) is 5.91 Å². The molecule has 5 nitrogen and oxygen atoms in total. The second-order valence-corrected chi connectivity index (χ2v) is 4.99. The molecule has 2 rings (SSSR count). The van der Waals surface area contributed by atoms with E-state index in [2.05, 4.69) is 20.6 Å². The number of nitrogens with zero attached hydrogens (tertiary/aromatic N) is 2. The summed E-state index contributed by atoms with van der Waals surface area (Å²) in [6.07, 6.45) is 4.23. The number of aromatic nitrogens is 2. The number of hydrogen-bond donors (Lipinski definition) is 2. The third kappa shape index (κ3) is 5.97. The summed E-state index contributed by atoms with van der Waals surface area (Å²) in [6, 6.07) is 5.64. The quantitative estimate of drug-likeness (QED) is 0.786.